The molecule has 1 saturated heterocycles. The molecule has 2 aromatic rings. The van der Waals surface area contributed by atoms with E-state index in [2.05, 4.69) is 4.90 Å². The van der Waals surface area contributed by atoms with Crippen LogP contribution in [0.3, 0.4) is 0 Å². The van der Waals surface area contributed by atoms with Crippen LogP contribution in [0.4, 0.5) is 0 Å². The normalized spacial score (nSPS) is 19.6. The summed E-state index contributed by atoms with van der Waals surface area (Å²) in [6.45, 7) is 2.64. The fourth-order valence-corrected chi connectivity index (χ4v) is 3.88. The van der Waals surface area contributed by atoms with Gasteiger partial charge in [0.25, 0.3) is 0 Å². The molecule has 3 rings (SSSR count). The highest BCUT2D eigenvalue weighted by molar-refractivity contribution is 7.90. The van der Waals surface area contributed by atoms with Gasteiger partial charge in [-0.15, -0.1) is 0 Å². The topological polar surface area (TPSA) is 65.1 Å². The molecule has 1 aliphatic rings. The number of ether oxygens (including phenoxy) is 3. The van der Waals surface area contributed by atoms with Gasteiger partial charge >= 0.3 is 0 Å². The van der Waals surface area contributed by atoms with Gasteiger partial charge < -0.3 is 19.1 Å². The molecule has 158 valence electrons. The van der Waals surface area contributed by atoms with Crippen molar-refractivity contribution in [2.24, 2.45) is 0 Å². The molecule has 0 aromatic heterocycles. The molecule has 0 saturated carbocycles. The van der Waals surface area contributed by atoms with Crippen molar-refractivity contribution in [1.82, 2.24) is 4.90 Å². The van der Waals surface area contributed by atoms with Gasteiger partial charge in [-0.1, -0.05) is 29.8 Å². The Morgan fingerprint density at radius 1 is 1.21 bits per heavy atom. The Morgan fingerprint density at radius 2 is 1.97 bits per heavy atom. The lowest BCUT2D eigenvalue weighted by Crippen LogP contribution is -2.31. The Morgan fingerprint density at radius 3 is 2.69 bits per heavy atom. The summed E-state index contributed by atoms with van der Waals surface area (Å²) in [4.78, 5) is 2.44. The highest BCUT2D eigenvalue weighted by atomic mass is 35.5. The molecule has 1 heterocycles. The van der Waals surface area contributed by atoms with Crippen LogP contribution in [0.2, 0.25) is 5.02 Å². The Bertz CT molecular complexity index is 904. The molecule has 8 heteroatoms. The zero-order chi connectivity index (χ0) is 20.9. The number of halogens is 1. The van der Waals surface area contributed by atoms with Crippen molar-refractivity contribution >= 4 is 21.4 Å². The van der Waals surface area contributed by atoms with Gasteiger partial charge in [0.05, 0.1) is 24.2 Å². The molecule has 0 unspecified atom stereocenters. The third-order valence-electron chi connectivity index (χ3n) is 4.59. The molecule has 0 radical (unpaired) electrons. The van der Waals surface area contributed by atoms with E-state index in [1.165, 1.54) is 6.26 Å². The molecule has 0 bridgehead atoms. The monoisotopic (exact) mass is 439 g/mol. The summed E-state index contributed by atoms with van der Waals surface area (Å²) in [6.07, 6.45) is 1.66. The van der Waals surface area contributed by atoms with Crippen LogP contribution in [-0.4, -0.2) is 59.0 Å². The van der Waals surface area contributed by atoms with Crippen molar-refractivity contribution in [3.8, 4) is 5.75 Å². The van der Waals surface area contributed by atoms with E-state index in [1.807, 2.05) is 31.3 Å². The Kier molecular flexibility index (Phi) is 7.54. The summed E-state index contributed by atoms with van der Waals surface area (Å²) >= 11 is 5.92. The van der Waals surface area contributed by atoms with Crippen molar-refractivity contribution in [3.63, 3.8) is 0 Å². The summed E-state index contributed by atoms with van der Waals surface area (Å²) in [6, 6.07) is 14.1. The number of sulfone groups is 1. The van der Waals surface area contributed by atoms with Crippen molar-refractivity contribution < 1.29 is 22.6 Å². The SMILES string of the molecule is CN(CCCOc1cccc(S(C)(=O)=O)c1)C[C@H]1CO[C@H](c2ccc(Cl)cc2)O1. The first kappa shape index (κ1) is 22.1. The van der Waals surface area contributed by atoms with E-state index in [0.717, 1.165) is 25.1 Å². The maximum Gasteiger partial charge on any atom is 0.184 e. The quantitative estimate of drug-likeness (QED) is 0.556. The second kappa shape index (κ2) is 9.91. The first-order valence-electron chi connectivity index (χ1n) is 9.45. The van der Waals surface area contributed by atoms with E-state index in [1.54, 1.807) is 24.3 Å². The van der Waals surface area contributed by atoms with Crippen molar-refractivity contribution in [3.05, 3.63) is 59.1 Å². The van der Waals surface area contributed by atoms with Crippen LogP contribution in [0, 0.1) is 0 Å². The van der Waals surface area contributed by atoms with E-state index < -0.39 is 9.84 Å². The van der Waals surface area contributed by atoms with Crippen LogP contribution in [0.1, 0.15) is 18.3 Å². The number of nitrogens with zero attached hydrogens (tertiary/aromatic N) is 1. The minimum absolute atomic E-state index is 0.00744. The van der Waals surface area contributed by atoms with Crippen molar-refractivity contribution in [2.75, 3.05) is 39.6 Å². The molecule has 2 atom stereocenters. The van der Waals surface area contributed by atoms with E-state index in [-0.39, 0.29) is 17.3 Å². The average Bonchev–Trinajstić information content (AvgIpc) is 3.14. The first-order chi connectivity index (χ1) is 13.8. The molecule has 0 amide bonds. The summed E-state index contributed by atoms with van der Waals surface area (Å²) in [5.74, 6) is 0.564. The molecular formula is C21H26ClNO5S. The van der Waals surface area contributed by atoms with Gasteiger partial charge in [0.15, 0.2) is 16.1 Å². The lowest BCUT2D eigenvalue weighted by Gasteiger charge is -2.20. The van der Waals surface area contributed by atoms with Crippen LogP contribution in [-0.2, 0) is 19.3 Å². The fourth-order valence-electron chi connectivity index (χ4n) is 3.10. The molecule has 29 heavy (non-hydrogen) atoms. The Hall–Kier alpha value is -1.64. The molecule has 0 N–H and O–H groups in total. The lowest BCUT2D eigenvalue weighted by atomic mass is 10.2. The largest absolute Gasteiger partial charge is 0.494 e. The van der Waals surface area contributed by atoms with Gasteiger partial charge in [-0.3, -0.25) is 0 Å². The third-order valence-corrected chi connectivity index (χ3v) is 5.96. The van der Waals surface area contributed by atoms with E-state index in [9.17, 15) is 8.42 Å². The standard InChI is InChI=1S/C21H26ClNO5S/c1-23(11-4-12-26-18-5-3-6-20(13-18)29(2,24)25)14-19-15-27-21(28-19)16-7-9-17(22)10-8-16/h3,5-10,13,19,21H,4,11-12,14-15H2,1-2H3/t19-,21-/m0/s1. The predicted octanol–water partition coefficient (Wildman–Crippen LogP) is 3.56. The number of likely N-dealkylation sites (N-methyl/N-ethyl adjacent to an activating group) is 1. The molecular weight excluding hydrogens is 414 g/mol. The van der Waals surface area contributed by atoms with Crippen molar-refractivity contribution in [1.29, 1.82) is 0 Å². The van der Waals surface area contributed by atoms with Gasteiger partial charge in [-0.05, 0) is 43.8 Å². The molecule has 2 aromatic carbocycles. The minimum atomic E-state index is -3.23. The highest BCUT2D eigenvalue weighted by Gasteiger charge is 2.28. The fraction of sp³-hybridized carbons (Fsp3) is 0.429. The van der Waals surface area contributed by atoms with Crippen molar-refractivity contribution in [2.45, 2.75) is 23.7 Å². The number of benzene rings is 2. The number of hydrogen-bond donors (Lipinski definition) is 0. The zero-order valence-electron chi connectivity index (χ0n) is 16.6. The van der Waals surface area contributed by atoms with E-state index >= 15 is 0 Å². The van der Waals surface area contributed by atoms with Gasteiger partial charge in [-0.25, -0.2) is 8.42 Å². The van der Waals surface area contributed by atoms with E-state index in [4.69, 9.17) is 25.8 Å². The first-order valence-corrected chi connectivity index (χ1v) is 11.7. The lowest BCUT2D eigenvalue weighted by molar-refractivity contribution is -0.0635. The smallest absolute Gasteiger partial charge is 0.184 e. The van der Waals surface area contributed by atoms with Gasteiger partial charge in [0, 0.05) is 29.9 Å². The second-order valence-corrected chi connectivity index (χ2v) is 9.64. The highest BCUT2D eigenvalue weighted by Crippen LogP contribution is 2.28. The Labute approximate surface area is 177 Å². The Balaban J connectivity index is 1.37. The average molecular weight is 440 g/mol. The number of hydrogen-bond acceptors (Lipinski definition) is 6. The molecule has 6 nitrogen and oxygen atoms in total. The third kappa shape index (κ3) is 6.69. The zero-order valence-corrected chi connectivity index (χ0v) is 18.2. The van der Waals surface area contributed by atoms with Crippen LogP contribution >= 0.6 is 11.6 Å². The van der Waals surface area contributed by atoms with E-state index in [0.29, 0.717) is 24.0 Å². The van der Waals surface area contributed by atoms with Gasteiger partial charge in [0.1, 0.15) is 5.75 Å². The maximum atomic E-state index is 11.6. The molecule has 1 fully saturated rings. The summed E-state index contributed by atoms with van der Waals surface area (Å²) < 4.78 is 40.6. The van der Waals surface area contributed by atoms with Gasteiger partial charge in [0.2, 0.25) is 0 Å². The maximum absolute atomic E-state index is 11.6. The predicted molar refractivity (Wildman–Crippen MR) is 112 cm³/mol. The molecule has 1 aliphatic heterocycles. The van der Waals surface area contributed by atoms with Crippen LogP contribution in [0.15, 0.2) is 53.4 Å². The molecule has 0 aliphatic carbocycles. The second-order valence-electron chi connectivity index (χ2n) is 7.19. The van der Waals surface area contributed by atoms with Gasteiger partial charge in [-0.2, -0.15) is 0 Å². The van der Waals surface area contributed by atoms with Crippen LogP contribution in [0.25, 0.3) is 0 Å². The number of rotatable bonds is 9. The molecule has 0 spiro atoms. The summed E-state index contributed by atoms with van der Waals surface area (Å²) in [7, 11) is -1.20. The minimum Gasteiger partial charge on any atom is -0.494 e. The van der Waals surface area contributed by atoms with Crippen LogP contribution in [0.5, 0.6) is 5.75 Å². The summed E-state index contributed by atoms with van der Waals surface area (Å²) in [5, 5.41) is 0.688. The van der Waals surface area contributed by atoms with Crippen LogP contribution < -0.4 is 4.74 Å². The summed E-state index contributed by atoms with van der Waals surface area (Å²) in [5.41, 5.74) is 0.962.